The van der Waals surface area contributed by atoms with Crippen LogP contribution in [0.25, 0.3) is 0 Å². The van der Waals surface area contributed by atoms with Crippen molar-refractivity contribution >= 4 is 18.3 Å². The number of halogens is 1. The molecule has 1 amide bonds. The maximum absolute atomic E-state index is 12.0. The zero-order valence-electron chi connectivity index (χ0n) is 9.94. The molecule has 0 bridgehead atoms. The van der Waals surface area contributed by atoms with Crippen molar-refractivity contribution in [2.45, 2.75) is 18.9 Å². The molecule has 0 aromatic heterocycles. The molecule has 0 radical (unpaired) electrons. The maximum atomic E-state index is 12.0. The lowest BCUT2D eigenvalue weighted by atomic mass is 9.79. The summed E-state index contributed by atoms with van der Waals surface area (Å²) in [4.78, 5) is 13.7. The second-order valence-corrected chi connectivity index (χ2v) is 4.69. The Kier molecular flexibility index (Phi) is 5.02. The van der Waals surface area contributed by atoms with Crippen molar-refractivity contribution in [3.63, 3.8) is 0 Å². The Bertz CT molecular complexity index is 246. The molecule has 2 rings (SSSR count). The standard InChI is InChI=1S/C11H20N2O2.ClH/c1-13(2)11(14)8-4-6-15-10-3-5-12-7-9(8)10;/h8-10,12H,3-7H2,1-2H3;1H/t8-,9-,10-;/m1./s1. The summed E-state index contributed by atoms with van der Waals surface area (Å²) in [5.74, 6) is 0.797. The molecule has 2 fully saturated rings. The van der Waals surface area contributed by atoms with Gasteiger partial charge in [0.05, 0.1) is 6.10 Å². The van der Waals surface area contributed by atoms with Crippen LogP contribution in [0.1, 0.15) is 12.8 Å². The molecule has 2 saturated heterocycles. The summed E-state index contributed by atoms with van der Waals surface area (Å²) in [5.41, 5.74) is 0. The van der Waals surface area contributed by atoms with Crippen molar-refractivity contribution < 1.29 is 9.53 Å². The molecule has 0 aliphatic carbocycles. The van der Waals surface area contributed by atoms with E-state index in [4.69, 9.17) is 4.74 Å². The molecular weight excluding hydrogens is 228 g/mol. The molecule has 0 aromatic rings. The molecule has 0 unspecified atom stereocenters. The first-order valence-corrected chi connectivity index (χ1v) is 5.73. The maximum Gasteiger partial charge on any atom is 0.225 e. The number of hydrogen-bond donors (Lipinski definition) is 1. The summed E-state index contributed by atoms with van der Waals surface area (Å²) >= 11 is 0. The van der Waals surface area contributed by atoms with E-state index < -0.39 is 0 Å². The van der Waals surface area contributed by atoms with Crippen LogP contribution in [0, 0.1) is 11.8 Å². The van der Waals surface area contributed by atoms with Crippen LogP contribution in [0.4, 0.5) is 0 Å². The largest absolute Gasteiger partial charge is 0.378 e. The van der Waals surface area contributed by atoms with Gasteiger partial charge in [-0.3, -0.25) is 4.79 Å². The molecule has 5 heteroatoms. The van der Waals surface area contributed by atoms with Crippen molar-refractivity contribution in [1.82, 2.24) is 10.2 Å². The number of fused-ring (bicyclic) bond motifs is 1. The average Bonchev–Trinajstić information content (AvgIpc) is 2.27. The second-order valence-electron chi connectivity index (χ2n) is 4.69. The van der Waals surface area contributed by atoms with Gasteiger partial charge in [-0.25, -0.2) is 0 Å². The Hall–Kier alpha value is -0.320. The van der Waals surface area contributed by atoms with Gasteiger partial charge < -0.3 is 15.0 Å². The lowest BCUT2D eigenvalue weighted by molar-refractivity contribution is -0.145. The van der Waals surface area contributed by atoms with Crippen LogP contribution in [0.2, 0.25) is 0 Å². The van der Waals surface area contributed by atoms with E-state index in [1.54, 1.807) is 4.90 Å². The Morgan fingerprint density at radius 1 is 1.38 bits per heavy atom. The third kappa shape index (κ3) is 2.67. The fourth-order valence-electron chi connectivity index (χ4n) is 2.67. The van der Waals surface area contributed by atoms with Crippen LogP contribution in [0.3, 0.4) is 0 Å². The van der Waals surface area contributed by atoms with Crippen LogP contribution in [-0.4, -0.2) is 50.7 Å². The first-order chi connectivity index (χ1) is 7.20. The van der Waals surface area contributed by atoms with Gasteiger partial charge in [-0.2, -0.15) is 0 Å². The Morgan fingerprint density at radius 3 is 2.81 bits per heavy atom. The minimum atomic E-state index is 0. The van der Waals surface area contributed by atoms with E-state index in [1.807, 2.05) is 14.1 Å². The van der Waals surface area contributed by atoms with Gasteiger partial charge in [0.25, 0.3) is 0 Å². The molecule has 0 aromatic carbocycles. The van der Waals surface area contributed by atoms with Crippen LogP contribution >= 0.6 is 12.4 Å². The van der Waals surface area contributed by atoms with Crippen LogP contribution in [-0.2, 0) is 9.53 Å². The Morgan fingerprint density at radius 2 is 2.12 bits per heavy atom. The molecule has 3 atom stereocenters. The highest BCUT2D eigenvalue weighted by Crippen LogP contribution is 2.31. The molecule has 0 saturated carbocycles. The van der Waals surface area contributed by atoms with E-state index in [1.165, 1.54) is 0 Å². The van der Waals surface area contributed by atoms with Crippen molar-refractivity contribution in [1.29, 1.82) is 0 Å². The number of nitrogens with zero attached hydrogens (tertiary/aromatic N) is 1. The normalized spacial score (nSPS) is 33.5. The number of amides is 1. The number of ether oxygens (including phenoxy) is 1. The first kappa shape index (κ1) is 13.7. The molecule has 2 heterocycles. The zero-order chi connectivity index (χ0) is 10.8. The van der Waals surface area contributed by atoms with E-state index in [2.05, 4.69) is 5.32 Å². The minimum absolute atomic E-state index is 0. The predicted octanol–water partition coefficient (Wildman–Crippen LogP) is 0.511. The number of nitrogens with one attached hydrogen (secondary N) is 1. The summed E-state index contributed by atoms with van der Waals surface area (Å²) < 4.78 is 5.73. The van der Waals surface area contributed by atoms with E-state index in [0.29, 0.717) is 12.0 Å². The van der Waals surface area contributed by atoms with Crippen molar-refractivity contribution in [2.75, 3.05) is 33.8 Å². The second kappa shape index (κ2) is 5.84. The van der Waals surface area contributed by atoms with Crippen molar-refractivity contribution in [2.24, 2.45) is 11.8 Å². The predicted molar refractivity (Wildman–Crippen MR) is 64.8 cm³/mol. The molecule has 2 aliphatic rings. The van der Waals surface area contributed by atoms with E-state index in [9.17, 15) is 4.79 Å². The fourth-order valence-corrected chi connectivity index (χ4v) is 2.67. The topological polar surface area (TPSA) is 41.6 Å². The third-order valence-electron chi connectivity index (χ3n) is 3.50. The molecular formula is C11H21ClN2O2. The summed E-state index contributed by atoms with van der Waals surface area (Å²) in [5, 5.41) is 3.36. The number of carbonyl (C=O) groups is 1. The van der Waals surface area contributed by atoms with Crippen LogP contribution in [0.5, 0.6) is 0 Å². The van der Waals surface area contributed by atoms with Crippen LogP contribution < -0.4 is 5.32 Å². The van der Waals surface area contributed by atoms with Gasteiger partial charge in [-0.05, 0) is 19.4 Å². The van der Waals surface area contributed by atoms with Crippen molar-refractivity contribution in [3.05, 3.63) is 0 Å². The zero-order valence-corrected chi connectivity index (χ0v) is 10.8. The third-order valence-corrected chi connectivity index (χ3v) is 3.50. The summed E-state index contributed by atoms with van der Waals surface area (Å²) in [7, 11) is 3.67. The Labute approximate surface area is 103 Å². The molecule has 2 aliphatic heterocycles. The average molecular weight is 249 g/mol. The summed E-state index contributed by atoms with van der Waals surface area (Å²) in [6, 6.07) is 0. The smallest absolute Gasteiger partial charge is 0.225 e. The van der Waals surface area contributed by atoms with Crippen molar-refractivity contribution in [3.8, 4) is 0 Å². The number of hydrogen-bond acceptors (Lipinski definition) is 3. The van der Waals surface area contributed by atoms with E-state index >= 15 is 0 Å². The Balaban J connectivity index is 0.00000128. The fraction of sp³-hybridized carbons (Fsp3) is 0.909. The van der Waals surface area contributed by atoms with E-state index in [0.717, 1.165) is 32.5 Å². The molecule has 16 heavy (non-hydrogen) atoms. The first-order valence-electron chi connectivity index (χ1n) is 5.73. The molecule has 0 spiro atoms. The minimum Gasteiger partial charge on any atom is -0.378 e. The highest BCUT2D eigenvalue weighted by atomic mass is 35.5. The monoisotopic (exact) mass is 248 g/mol. The lowest BCUT2D eigenvalue weighted by Gasteiger charge is -2.41. The van der Waals surface area contributed by atoms with Gasteiger partial charge >= 0.3 is 0 Å². The van der Waals surface area contributed by atoms with E-state index in [-0.39, 0.29) is 24.2 Å². The van der Waals surface area contributed by atoms with Gasteiger partial charge in [0.2, 0.25) is 5.91 Å². The number of carbonyl (C=O) groups excluding carboxylic acids is 1. The highest BCUT2D eigenvalue weighted by Gasteiger charge is 2.39. The van der Waals surface area contributed by atoms with Gasteiger partial charge in [-0.1, -0.05) is 0 Å². The van der Waals surface area contributed by atoms with Crippen LogP contribution in [0.15, 0.2) is 0 Å². The van der Waals surface area contributed by atoms with Gasteiger partial charge in [0.1, 0.15) is 0 Å². The quantitative estimate of drug-likeness (QED) is 0.735. The van der Waals surface area contributed by atoms with Gasteiger partial charge in [-0.15, -0.1) is 12.4 Å². The SMILES string of the molecule is CN(C)C(=O)[C@@H]1CCO[C@@H]2CCNC[C@@H]21.Cl. The lowest BCUT2D eigenvalue weighted by Crippen LogP contribution is -2.51. The molecule has 94 valence electrons. The number of piperidine rings is 1. The number of rotatable bonds is 1. The van der Waals surface area contributed by atoms with Gasteiger partial charge in [0, 0.05) is 39.1 Å². The molecule has 1 N–H and O–H groups in total. The summed E-state index contributed by atoms with van der Waals surface area (Å²) in [6.07, 6.45) is 2.22. The molecule has 4 nitrogen and oxygen atoms in total. The summed E-state index contributed by atoms with van der Waals surface area (Å²) in [6.45, 7) is 2.68. The van der Waals surface area contributed by atoms with Gasteiger partial charge in [0.15, 0.2) is 0 Å². The highest BCUT2D eigenvalue weighted by molar-refractivity contribution is 5.85.